The van der Waals surface area contributed by atoms with Crippen LogP contribution in [0, 0.1) is 11.8 Å². The number of ether oxygens (including phenoxy) is 1. The van der Waals surface area contributed by atoms with Crippen molar-refractivity contribution < 1.29 is 29.0 Å². The predicted molar refractivity (Wildman–Crippen MR) is 137 cm³/mol. The molecule has 9 heteroatoms. The number of nitrogens with zero attached hydrogens (tertiary/aromatic N) is 2. The Morgan fingerprint density at radius 1 is 1.17 bits per heavy atom. The molecule has 196 valence electrons. The summed E-state index contributed by atoms with van der Waals surface area (Å²) in [4.78, 5) is 55.7. The van der Waals surface area contributed by atoms with E-state index < -0.39 is 41.7 Å². The number of carboxylic acids is 1. The average Bonchev–Trinajstić information content (AvgIpc) is 2.81. The first-order valence-corrected chi connectivity index (χ1v) is 12.3. The molecule has 1 aromatic carbocycles. The highest BCUT2D eigenvalue weighted by atomic mass is 16.6. The summed E-state index contributed by atoms with van der Waals surface area (Å²) in [6.07, 6.45) is 4.56. The quantitative estimate of drug-likeness (QED) is 0.576. The van der Waals surface area contributed by atoms with Crippen molar-refractivity contribution in [2.45, 2.75) is 64.5 Å². The number of aliphatic imine (C=N–C) groups is 1. The van der Waals surface area contributed by atoms with Crippen LogP contribution in [0.5, 0.6) is 0 Å². The highest BCUT2D eigenvalue weighted by Crippen LogP contribution is 2.18. The Labute approximate surface area is 212 Å². The maximum absolute atomic E-state index is 13.0. The molecular weight excluding hydrogens is 462 g/mol. The standard InChI is InChI=1S/C27H37N3O6/c1-18(2)15-22-24(31)28-23(26(33)34)17-20(25(32)30(3)4)13-9-6-10-14-21(36-27(35)29-22)16-19-11-7-5-8-12-19/h5-9,11-12,18,20-22H,10,13-17H2,1-4H3,(H,29,35)(H,33,34)/b9-6+,28-23?/t20?,21?,22-/m0/s1. The number of cyclic esters (lactones) is 1. The molecule has 0 aromatic heterocycles. The van der Waals surface area contributed by atoms with Gasteiger partial charge in [-0.15, -0.1) is 0 Å². The number of carbonyl (C=O) groups is 4. The molecule has 3 amide bonds. The zero-order valence-corrected chi connectivity index (χ0v) is 21.5. The van der Waals surface area contributed by atoms with Gasteiger partial charge in [0.2, 0.25) is 5.91 Å². The molecule has 9 nitrogen and oxygen atoms in total. The molecule has 0 aliphatic carbocycles. The topological polar surface area (TPSA) is 125 Å². The monoisotopic (exact) mass is 499 g/mol. The fraction of sp³-hybridized carbons (Fsp3) is 0.519. The van der Waals surface area contributed by atoms with Crippen LogP contribution in [-0.4, -0.2) is 65.8 Å². The molecule has 1 aliphatic heterocycles. The number of carbonyl (C=O) groups excluding carboxylic acids is 3. The molecule has 2 rings (SSSR count). The summed E-state index contributed by atoms with van der Waals surface area (Å²) < 4.78 is 5.69. The lowest BCUT2D eigenvalue weighted by Gasteiger charge is -2.22. The first-order valence-electron chi connectivity index (χ1n) is 12.3. The predicted octanol–water partition coefficient (Wildman–Crippen LogP) is 3.63. The average molecular weight is 500 g/mol. The Morgan fingerprint density at radius 2 is 1.86 bits per heavy atom. The Kier molecular flexibility index (Phi) is 11.3. The minimum absolute atomic E-state index is 0.0252. The lowest BCUT2D eigenvalue weighted by molar-refractivity contribution is -0.133. The van der Waals surface area contributed by atoms with Gasteiger partial charge < -0.3 is 20.1 Å². The lowest BCUT2D eigenvalue weighted by atomic mass is 9.95. The van der Waals surface area contributed by atoms with Crippen LogP contribution in [0.2, 0.25) is 0 Å². The van der Waals surface area contributed by atoms with Crippen LogP contribution in [0.1, 0.15) is 51.5 Å². The lowest BCUT2D eigenvalue weighted by Crippen LogP contribution is -2.43. The largest absolute Gasteiger partial charge is 0.477 e. The summed E-state index contributed by atoms with van der Waals surface area (Å²) in [7, 11) is 3.20. The van der Waals surface area contributed by atoms with Crippen molar-refractivity contribution in [2.75, 3.05) is 14.1 Å². The third kappa shape index (κ3) is 9.64. The Bertz CT molecular complexity index is 971. The van der Waals surface area contributed by atoms with Crippen molar-refractivity contribution in [1.82, 2.24) is 10.2 Å². The number of allylic oxidation sites excluding steroid dienone is 2. The minimum Gasteiger partial charge on any atom is -0.477 e. The number of amides is 3. The van der Waals surface area contributed by atoms with Crippen molar-refractivity contribution >= 4 is 29.6 Å². The van der Waals surface area contributed by atoms with Crippen molar-refractivity contribution in [1.29, 1.82) is 0 Å². The van der Waals surface area contributed by atoms with Crippen molar-refractivity contribution in [3.63, 3.8) is 0 Å². The summed E-state index contributed by atoms with van der Waals surface area (Å²) >= 11 is 0. The smallest absolute Gasteiger partial charge is 0.408 e. The molecule has 0 saturated carbocycles. The van der Waals surface area contributed by atoms with E-state index in [1.165, 1.54) is 4.90 Å². The summed E-state index contributed by atoms with van der Waals surface area (Å²) in [5.41, 5.74) is 0.605. The van der Waals surface area contributed by atoms with Gasteiger partial charge in [0.05, 0.1) is 0 Å². The number of benzene rings is 1. The molecule has 0 bridgehead atoms. The van der Waals surface area contributed by atoms with Gasteiger partial charge in [-0.2, -0.15) is 0 Å². The molecule has 1 aliphatic rings. The Hall–Kier alpha value is -3.49. The second-order valence-electron chi connectivity index (χ2n) is 9.66. The van der Waals surface area contributed by atoms with Crippen LogP contribution < -0.4 is 5.32 Å². The SMILES string of the molecule is CC(C)C[C@@H]1NC(=O)OC(Cc2ccccc2)CC/C=C/CC(C(=O)N(C)C)CC(C(=O)O)=NC1=O. The van der Waals surface area contributed by atoms with Gasteiger partial charge in [0.15, 0.2) is 0 Å². The number of nitrogens with one attached hydrogen (secondary N) is 1. The fourth-order valence-corrected chi connectivity index (χ4v) is 4.02. The number of aliphatic carboxylic acids is 1. The van der Waals surface area contributed by atoms with Crippen LogP contribution in [0.15, 0.2) is 47.5 Å². The Balaban J connectivity index is 2.39. The molecule has 36 heavy (non-hydrogen) atoms. The van der Waals surface area contributed by atoms with Crippen LogP contribution >= 0.6 is 0 Å². The molecule has 1 heterocycles. The maximum Gasteiger partial charge on any atom is 0.408 e. The zero-order chi connectivity index (χ0) is 26.7. The van der Waals surface area contributed by atoms with E-state index in [0.717, 1.165) is 5.56 Å². The van der Waals surface area contributed by atoms with Crippen molar-refractivity contribution in [3.8, 4) is 0 Å². The van der Waals surface area contributed by atoms with Gasteiger partial charge in [0, 0.05) is 32.9 Å². The molecule has 3 atom stereocenters. The molecule has 0 saturated heterocycles. The number of alkyl carbamates (subject to hydrolysis) is 1. The third-order valence-corrected chi connectivity index (χ3v) is 5.84. The van der Waals surface area contributed by atoms with Crippen molar-refractivity contribution in [3.05, 3.63) is 48.0 Å². The maximum atomic E-state index is 13.0. The molecule has 0 spiro atoms. The molecule has 0 fully saturated rings. The van der Waals surface area contributed by atoms with E-state index in [4.69, 9.17) is 4.74 Å². The van der Waals surface area contributed by atoms with Crippen LogP contribution in [-0.2, 0) is 25.5 Å². The van der Waals surface area contributed by atoms with Gasteiger partial charge >= 0.3 is 12.1 Å². The molecule has 1 aromatic rings. The third-order valence-electron chi connectivity index (χ3n) is 5.84. The minimum atomic E-state index is -1.37. The molecule has 2 unspecified atom stereocenters. The summed E-state index contributed by atoms with van der Waals surface area (Å²) in [5.74, 6) is -3.06. The van der Waals surface area contributed by atoms with E-state index in [1.807, 2.05) is 56.3 Å². The van der Waals surface area contributed by atoms with Crippen LogP contribution in [0.4, 0.5) is 4.79 Å². The summed E-state index contributed by atoms with van der Waals surface area (Å²) in [6.45, 7) is 3.76. The van der Waals surface area contributed by atoms with Gasteiger partial charge in [0.1, 0.15) is 17.9 Å². The van der Waals surface area contributed by atoms with E-state index in [1.54, 1.807) is 14.1 Å². The van der Waals surface area contributed by atoms with Crippen LogP contribution in [0.25, 0.3) is 0 Å². The van der Waals surface area contributed by atoms with Gasteiger partial charge in [-0.05, 0) is 37.2 Å². The van der Waals surface area contributed by atoms with E-state index in [2.05, 4.69) is 10.3 Å². The number of hydrogen-bond donors (Lipinski definition) is 2. The van der Waals surface area contributed by atoms with E-state index in [-0.39, 0.29) is 24.7 Å². The van der Waals surface area contributed by atoms with E-state index in [0.29, 0.717) is 25.7 Å². The fourth-order valence-electron chi connectivity index (χ4n) is 4.02. The van der Waals surface area contributed by atoms with Gasteiger partial charge in [0.25, 0.3) is 5.91 Å². The van der Waals surface area contributed by atoms with Gasteiger partial charge in [-0.1, -0.05) is 56.3 Å². The number of hydrogen-bond acceptors (Lipinski definition) is 5. The molecule has 2 N–H and O–H groups in total. The highest BCUT2D eigenvalue weighted by Gasteiger charge is 2.29. The van der Waals surface area contributed by atoms with Gasteiger partial charge in [-0.3, -0.25) is 9.59 Å². The summed E-state index contributed by atoms with van der Waals surface area (Å²) in [6, 6.07) is 8.61. The highest BCUT2D eigenvalue weighted by molar-refractivity contribution is 6.37. The first-order chi connectivity index (χ1) is 17.1. The van der Waals surface area contributed by atoms with E-state index in [9.17, 15) is 24.3 Å². The molecular formula is C27H37N3O6. The first kappa shape index (κ1) is 28.7. The van der Waals surface area contributed by atoms with E-state index >= 15 is 0 Å². The second kappa shape index (κ2) is 14.2. The zero-order valence-electron chi connectivity index (χ0n) is 21.5. The van der Waals surface area contributed by atoms with Crippen molar-refractivity contribution in [2.24, 2.45) is 16.8 Å². The van der Waals surface area contributed by atoms with Gasteiger partial charge in [-0.25, -0.2) is 14.6 Å². The second-order valence-corrected chi connectivity index (χ2v) is 9.66. The molecule has 0 radical (unpaired) electrons. The Morgan fingerprint density at radius 3 is 2.47 bits per heavy atom. The number of carboxylic acid groups (broad SMARTS) is 1. The normalized spacial score (nSPS) is 22.9. The number of rotatable bonds is 6. The summed E-state index contributed by atoms with van der Waals surface area (Å²) in [5, 5.41) is 12.3. The van der Waals surface area contributed by atoms with Crippen LogP contribution in [0.3, 0.4) is 0 Å².